The first kappa shape index (κ1) is 28.3. The quantitative estimate of drug-likeness (QED) is 0.218. The van der Waals surface area contributed by atoms with Crippen LogP contribution >= 0.6 is 0 Å². The van der Waals surface area contributed by atoms with Crippen LogP contribution in [0.4, 0.5) is 0 Å². The van der Waals surface area contributed by atoms with Gasteiger partial charge in [-0.05, 0) is 42.0 Å². The van der Waals surface area contributed by atoms with E-state index in [-0.39, 0.29) is 48.9 Å². The molecule has 37 heavy (non-hydrogen) atoms. The van der Waals surface area contributed by atoms with Gasteiger partial charge in [-0.25, -0.2) is 4.79 Å². The number of esters is 2. The fourth-order valence-electron chi connectivity index (χ4n) is 4.41. The Morgan fingerprint density at radius 1 is 1.19 bits per heavy atom. The van der Waals surface area contributed by atoms with Crippen LogP contribution < -0.4 is 16.1 Å². The number of hydrogen-bond donors (Lipinski definition) is 3. The van der Waals surface area contributed by atoms with E-state index in [1.54, 1.807) is 18.3 Å². The van der Waals surface area contributed by atoms with Gasteiger partial charge in [0.1, 0.15) is 17.1 Å². The molecule has 5 N–H and O–H groups in total. The number of nitrogens with two attached hydrogens (primary N) is 2. The molecule has 1 aromatic heterocycles. The molecule has 11 heteroatoms. The maximum Gasteiger partial charge on any atom is 0.526 e. The molecule has 0 bridgehead atoms. The standard InChI is InChI=1S/C26H34BN3O7/c1-3-17(4-2)25(32)35-15-36-26(33)22-7-5-6-18-10-20(27(34)37-24(18)22)11-21(31)9-16-8-19(12-28)23(13-29)30-14-16/h5-8,14,17,20,34H,3-4,9-13,15,28-29H2,1-2H3/t20-/m1/s1. The first-order chi connectivity index (χ1) is 17.8. The second kappa shape index (κ2) is 13.3. The Bertz CT molecular complexity index is 1120. The number of pyridine rings is 1. The first-order valence-electron chi connectivity index (χ1n) is 12.5. The molecule has 0 radical (unpaired) electrons. The molecule has 1 aliphatic heterocycles. The average Bonchev–Trinajstić information content (AvgIpc) is 2.89. The highest BCUT2D eigenvalue weighted by Crippen LogP contribution is 2.36. The lowest BCUT2D eigenvalue weighted by Crippen LogP contribution is -2.36. The molecule has 0 unspecified atom stereocenters. The number of rotatable bonds is 12. The minimum Gasteiger partial charge on any atom is -0.535 e. The Hall–Kier alpha value is -3.28. The number of aromatic nitrogens is 1. The maximum absolute atomic E-state index is 12.8. The smallest absolute Gasteiger partial charge is 0.526 e. The van der Waals surface area contributed by atoms with Crippen LogP contribution in [-0.2, 0) is 45.0 Å². The second-order valence-electron chi connectivity index (χ2n) is 9.07. The van der Waals surface area contributed by atoms with Crippen LogP contribution in [0.5, 0.6) is 5.75 Å². The molecule has 3 rings (SSSR count). The molecule has 0 saturated heterocycles. The SMILES string of the molecule is CCC(CC)C(=O)OCOC(=O)c1cccc2c1OB(O)[C@@H](CC(=O)Cc1cnc(CN)c(CN)c1)C2. The highest BCUT2D eigenvalue weighted by Gasteiger charge is 2.38. The van der Waals surface area contributed by atoms with E-state index in [4.69, 9.17) is 25.6 Å². The zero-order chi connectivity index (χ0) is 26.9. The minimum atomic E-state index is -1.28. The lowest BCUT2D eigenvalue weighted by atomic mass is 9.64. The lowest BCUT2D eigenvalue weighted by molar-refractivity contribution is -0.157. The predicted molar refractivity (Wildman–Crippen MR) is 136 cm³/mol. The summed E-state index contributed by atoms with van der Waals surface area (Å²) in [5.41, 5.74) is 14.4. The molecule has 0 spiro atoms. The number of benzene rings is 1. The summed E-state index contributed by atoms with van der Waals surface area (Å²) < 4.78 is 15.8. The molecule has 1 aliphatic rings. The number of ketones is 1. The number of para-hydroxylation sites is 1. The summed E-state index contributed by atoms with van der Waals surface area (Å²) in [5.74, 6) is -1.78. The van der Waals surface area contributed by atoms with Gasteiger partial charge in [-0.3, -0.25) is 14.6 Å². The Kier molecular flexibility index (Phi) is 10.2. The highest BCUT2D eigenvalue weighted by atomic mass is 16.7. The molecule has 0 aliphatic carbocycles. The number of carbonyl (C=O) groups is 3. The van der Waals surface area contributed by atoms with Crippen molar-refractivity contribution >= 4 is 24.8 Å². The average molecular weight is 511 g/mol. The van der Waals surface area contributed by atoms with Gasteiger partial charge in [0.2, 0.25) is 6.79 Å². The number of Topliss-reactive ketones (excluding diaryl/α,β-unsaturated/α-hetero) is 1. The molecule has 0 fully saturated rings. The van der Waals surface area contributed by atoms with Crippen molar-refractivity contribution in [3.63, 3.8) is 0 Å². The summed E-state index contributed by atoms with van der Waals surface area (Å²) >= 11 is 0. The van der Waals surface area contributed by atoms with E-state index >= 15 is 0 Å². The van der Waals surface area contributed by atoms with Crippen LogP contribution in [0.25, 0.3) is 0 Å². The molecular formula is C26H34BN3O7. The summed E-state index contributed by atoms with van der Waals surface area (Å²) in [6.45, 7) is 3.80. The largest absolute Gasteiger partial charge is 0.535 e. The molecule has 198 valence electrons. The van der Waals surface area contributed by atoms with Crippen LogP contribution in [0.15, 0.2) is 30.5 Å². The third kappa shape index (κ3) is 7.15. The van der Waals surface area contributed by atoms with Gasteiger partial charge in [-0.1, -0.05) is 32.0 Å². The van der Waals surface area contributed by atoms with Gasteiger partial charge < -0.3 is 30.6 Å². The monoisotopic (exact) mass is 511 g/mol. The maximum atomic E-state index is 12.8. The third-order valence-electron chi connectivity index (χ3n) is 6.57. The van der Waals surface area contributed by atoms with E-state index in [9.17, 15) is 19.4 Å². The molecule has 1 aromatic carbocycles. The fraction of sp³-hybridized carbons (Fsp3) is 0.462. The van der Waals surface area contributed by atoms with E-state index in [2.05, 4.69) is 4.98 Å². The molecule has 0 amide bonds. The number of carbonyl (C=O) groups excluding carboxylic acids is 3. The van der Waals surface area contributed by atoms with Crippen molar-refractivity contribution in [2.45, 2.75) is 64.9 Å². The van der Waals surface area contributed by atoms with Gasteiger partial charge in [-0.2, -0.15) is 0 Å². The van der Waals surface area contributed by atoms with Crippen LogP contribution in [0.1, 0.15) is 65.9 Å². The Morgan fingerprint density at radius 2 is 1.95 bits per heavy atom. The van der Waals surface area contributed by atoms with Gasteiger partial charge in [0.15, 0.2) is 0 Å². The van der Waals surface area contributed by atoms with Crippen LogP contribution in [0.3, 0.4) is 0 Å². The first-order valence-corrected chi connectivity index (χ1v) is 12.5. The van der Waals surface area contributed by atoms with E-state index in [1.807, 2.05) is 19.9 Å². The van der Waals surface area contributed by atoms with E-state index < -0.39 is 31.7 Å². The van der Waals surface area contributed by atoms with Gasteiger partial charge in [0.25, 0.3) is 0 Å². The molecular weight excluding hydrogens is 477 g/mol. The van der Waals surface area contributed by atoms with Gasteiger partial charge in [0, 0.05) is 37.9 Å². The summed E-state index contributed by atoms with van der Waals surface area (Å²) in [4.78, 5) is 41.7. The van der Waals surface area contributed by atoms with Crippen LogP contribution in [0.2, 0.25) is 5.82 Å². The zero-order valence-electron chi connectivity index (χ0n) is 21.3. The van der Waals surface area contributed by atoms with E-state index in [1.165, 1.54) is 6.07 Å². The van der Waals surface area contributed by atoms with Crippen molar-refractivity contribution in [1.29, 1.82) is 0 Å². The Morgan fingerprint density at radius 3 is 2.62 bits per heavy atom. The summed E-state index contributed by atoms with van der Waals surface area (Å²) in [7, 11) is -1.28. The van der Waals surface area contributed by atoms with Crippen LogP contribution in [-0.4, -0.2) is 41.6 Å². The third-order valence-corrected chi connectivity index (χ3v) is 6.57. The van der Waals surface area contributed by atoms with Crippen LogP contribution in [0, 0.1) is 5.92 Å². The summed E-state index contributed by atoms with van der Waals surface area (Å²) in [6.07, 6.45) is 3.45. The number of nitrogens with zero attached hydrogens (tertiary/aromatic N) is 1. The van der Waals surface area contributed by atoms with Gasteiger partial charge in [-0.15, -0.1) is 0 Å². The minimum absolute atomic E-state index is 0.0812. The summed E-state index contributed by atoms with van der Waals surface area (Å²) in [5, 5.41) is 10.6. The van der Waals surface area contributed by atoms with Gasteiger partial charge >= 0.3 is 19.1 Å². The van der Waals surface area contributed by atoms with Crippen molar-refractivity contribution in [3.8, 4) is 5.75 Å². The molecule has 1 atom stereocenters. The highest BCUT2D eigenvalue weighted by molar-refractivity contribution is 6.47. The number of hydrogen-bond acceptors (Lipinski definition) is 10. The van der Waals surface area contributed by atoms with E-state index in [0.29, 0.717) is 30.5 Å². The zero-order valence-corrected chi connectivity index (χ0v) is 21.3. The molecule has 2 heterocycles. The summed E-state index contributed by atoms with van der Waals surface area (Å²) in [6, 6.07) is 6.78. The van der Waals surface area contributed by atoms with Crippen molar-refractivity contribution in [1.82, 2.24) is 4.98 Å². The van der Waals surface area contributed by atoms with Gasteiger partial charge in [0.05, 0.1) is 11.6 Å². The lowest BCUT2D eigenvalue weighted by Gasteiger charge is -2.28. The van der Waals surface area contributed by atoms with Crippen molar-refractivity contribution < 1.29 is 33.5 Å². The normalized spacial score (nSPS) is 14.6. The predicted octanol–water partition coefficient (Wildman–Crippen LogP) is 2.08. The van der Waals surface area contributed by atoms with Crippen molar-refractivity contribution in [2.75, 3.05) is 6.79 Å². The Labute approximate surface area is 216 Å². The fourth-order valence-corrected chi connectivity index (χ4v) is 4.41. The molecule has 2 aromatic rings. The molecule has 10 nitrogen and oxygen atoms in total. The van der Waals surface area contributed by atoms with E-state index in [0.717, 1.165) is 11.1 Å². The van der Waals surface area contributed by atoms with Crippen molar-refractivity contribution in [3.05, 3.63) is 58.4 Å². The number of fused-ring (bicyclic) bond motifs is 1. The Balaban J connectivity index is 1.61. The van der Waals surface area contributed by atoms with Crippen molar-refractivity contribution in [2.24, 2.45) is 17.4 Å². The topological polar surface area (TPSA) is 164 Å². The second-order valence-corrected chi connectivity index (χ2v) is 9.07. The number of ether oxygens (including phenoxy) is 2. The molecule has 0 saturated carbocycles.